The zero-order chi connectivity index (χ0) is 10.4. The maximum absolute atomic E-state index is 10.0. The van der Waals surface area contributed by atoms with Gasteiger partial charge in [-0.15, -0.1) is 0 Å². The third-order valence-corrected chi connectivity index (χ3v) is 2.55. The van der Waals surface area contributed by atoms with Crippen LogP contribution in [-0.4, -0.2) is 11.7 Å². The Morgan fingerprint density at radius 3 is 2.43 bits per heavy atom. The molecule has 0 aromatic heterocycles. The number of aliphatic hydroxyl groups is 1. The first-order valence-electron chi connectivity index (χ1n) is 5.22. The molecule has 0 spiro atoms. The molecule has 0 amide bonds. The van der Waals surface area contributed by atoms with Crippen LogP contribution in [0.15, 0.2) is 30.3 Å². The van der Waals surface area contributed by atoms with Crippen LogP contribution in [0.25, 0.3) is 0 Å². The number of nitrogens with two attached hydrogens (primary N) is 1. The molecule has 1 rings (SSSR count). The second-order valence-corrected chi connectivity index (χ2v) is 3.64. The van der Waals surface area contributed by atoms with Gasteiger partial charge in [0.05, 0.1) is 6.10 Å². The minimum Gasteiger partial charge on any atom is -0.388 e. The van der Waals surface area contributed by atoms with Gasteiger partial charge < -0.3 is 10.8 Å². The standard InChI is InChI=1S/C12H19NO/c1-2-6-11(9-13)12(14)10-7-4-3-5-8-10/h3-5,7-8,11-12,14H,2,6,9,13H2,1H3/t11-,12-/m1/s1. The molecule has 0 saturated heterocycles. The van der Waals surface area contributed by atoms with Crippen molar-refractivity contribution in [1.82, 2.24) is 0 Å². The van der Waals surface area contributed by atoms with Gasteiger partial charge in [0.25, 0.3) is 0 Å². The van der Waals surface area contributed by atoms with E-state index >= 15 is 0 Å². The zero-order valence-electron chi connectivity index (χ0n) is 8.69. The van der Waals surface area contributed by atoms with Crippen molar-refractivity contribution < 1.29 is 5.11 Å². The Hall–Kier alpha value is -0.860. The summed E-state index contributed by atoms with van der Waals surface area (Å²) in [7, 11) is 0. The third-order valence-electron chi connectivity index (χ3n) is 2.55. The quantitative estimate of drug-likeness (QED) is 0.752. The largest absolute Gasteiger partial charge is 0.388 e. The van der Waals surface area contributed by atoms with Crippen LogP contribution < -0.4 is 5.73 Å². The molecular weight excluding hydrogens is 174 g/mol. The average molecular weight is 193 g/mol. The fraction of sp³-hybridized carbons (Fsp3) is 0.500. The van der Waals surface area contributed by atoms with E-state index in [-0.39, 0.29) is 5.92 Å². The zero-order valence-corrected chi connectivity index (χ0v) is 8.69. The van der Waals surface area contributed by atoms with Crippen LogP contribution in [0.4, 0.5) is 0 Å². The lowest BCUT2D eigenvalue weighted by atomic mass is 9.92. The third kappa shape index (κ3) is 2.82. The SMILES string of the molecule is CCC[C@H](CN)[C@H](O)c1ccccc1. The van der Waals surface area contributed by atoms with E-state index < -0.39 is 6.10 Å². The smallest absolute Gasteiger partial charge is 0.0830 e. The van der Waals surface area contributed by atoms with Gasteiger partial charge in [0.1, 0.15) is 0 Å². The van der Waals surface area contributed by atoms with Gasteiger partial charge in [0.15, 0.2) is 0 Å². The van der Waals surface area contributed by atoms with Crippen molar-refractivity contribution in [3.8, 4) is 0 Å². The summed E-state index contributed by atoms with van der Waals surface area (Å²) in [4.78, 5) is 0. The van der Waals surface area contributed by atoms with Crippen molar-refractivity contribution in [2.24, 2.45) is 11.7 Å². The lowest BCUT2D eigenvalue weighted by molar-refractivity contribution is 0.107. The van der Waals surface area contributed by atoms with Crippen LogP contribution >= 0.6 is 0 Å². The predicted octanol–water partition coefficient (Wildman–Crippen LogP) is 2.09. The fourth-order valence-electron chi connectivity index (χ4n) is 1.70. The second-order valence-electron chi connectivity index (χ2n) is 3.64. The van der Waals surface area contributed by atoms with Crippen LogP contribution in [0.5, 0.6) is 0 Å². The minimum atomic E-state index is -0.416. The lowest BCUT2D eigenvalue weighted by Crippen LogP contribution is -2.21. The monoisotopic (exact) mass is 193 g/mol. The summed E-state index contributed by atoms with van der Waals surface area (Å²) >= 11 is 0. The number of benzene rings is 1. The molecule has 2 atom stereocenters. The highest BCUT2D eigenvalue weighted by atomic mass is 16.3. The highest BCUT2D eigenvalue weighted by Crippen LogP contribution is 2.24. The molecular formula is C12H19NO. The van der Waals surface area contributed by atoms with Gasteiger partial charge in [-0.25, -0.2) is 0 Å². The predicted molar refractivity (Wildman–Crippen MR) is 58.9 cm³/mol. The van der Waals surface area contributed by atoms with Crippen LogP contribution in [-0.2, 0) is 0 Å². The molecule has 0 aliphatic rings. The van der Waals surface area contributed by atoms with Crippen molar-refractivity contribution in [1.29, 1.82) is 0 Å². The van der Waals surface area contributed by atoms with Crippen LogP contribution in [0.3, 0.4) is 0 Å². The van der Waals surface area contributed by atoms with Gasteiger partial charge in [-0.2, -0.15) is 0 Å². The Balaban J connectivity index is 2.67. The van der Waals surface area contributed by atoms with E-state index in [9.17, 15) is 5.11 Å². The molecule has 1 aromatic carbocycles. The topological polar surface area (TPSA) is 46.2 Å². The normalized spacial score (nSPS) is 15.1. The number of hydrogen-bond acceptors (Lipinski definition) is 2. The minimum absolute atomic E-state index is 0.183. The number of aliphatic hydroxyl groups excluding tert-OH is 1. The highest BCUT2D eigenvalue weighted by molar-refractivity contribution is 5.18. The first-order valence-corrected chi connectivity index (χ1v) is 5.22. The van der Waals surface area contributed by atoms with Gasteiger partial charge in [0, 0.05) is 5.92 Å². The van der Waals surface area contributed by atoms with Crippen molar-refractivity contribution in [3.63, 3.8) is 0 Å². The molecule has 0 fully saturated rings. The van der Waals surface area contributed by atoms with Crippen molar-refractivity contribution >= 4 is 0 Å². The van der Waals surface area contributed by atoms with Gasteiger partial charge >= 0.3 is 0 Å². The number of hydrogen-bond donors (Lipinski definition) is 2. The van der Waals surface area contributed by atoms with E-state index in [2.05, 4.69) is 6.92 Å². The van der Waals surface area contributed by atoms with E-state index in [0.717, 1.165) is 18.4 Å². The summed E-state index contributed by atoms with van der Waals surface area (Å²) in [6.07, 6.45) is 1.62. The first kappa shape index (κ1) is 11.2. The molecule has 1 aromatic rings. The van der Waals surface area contributed by atoms with Gasteiger partial charge in [-0.3, -0.25) is 0 Å². The molecule has 0 radical (unpaired) electrons. The summed E-state index contributed by atoms with van der Waals surface area (Å²) in [5, 5.41) is 10.0. The summed E-state index contributed by atoms with van der Waals surface area (Å²) in [6, 6.07) is 9.73. The molecule has 0 bridgehead atoms. The van der Waals surface area contributed by atoms with E-state index in [1.165, 1.54) is 0 Å². The maximum atomic E-state index is 10.0. The van der Waals surface area contributed by atoms with Crippen molar-refractivity contribution in [2.75, 3.05) is 6.54 Å². The van der Waals surface area contributed by atoms with Crippen molar-refractivity contribution in [2.45, 2.75) is 25.9 Å². The van der Waals surface area contributed by atoms with Gasteiger partial charge in [-0.1, -0.05) is 43.7 Å². The van der Waals surface area contributed by atoms with Crippen LogP contribution in [0, 0.1) is 5.92 Å². The van der Waals surface area contributed by atoms with Crippen molar-refractivity contribution in [3.05, 3.63) is 35.9 Å². The molecule has 2 nitrogen and oxygen atoms in total. The Morgan fingerprint density at radius 2 is 1.93 bits per heavy atom. The maximum Gasteiger partial charge on any atom is 0.0830 e. The summed E-state index contributed by atoms with van der Waals surface area (Å²) in [5.74, 6) is 0.183. The molecule has 3 N–H and O–H groups in total. The van der Waals surface area contributed by atoms with E-state index in [1.807, 2.05) is 30.3 Å². The number of rotatable bonds is 5. The Bertz CT molecular complexity index is 248. The molecule has 0 aliphatic carbocycles. The van der Waals surface area contributed by atoms with Gasteiger partial charge in [0.2, 0.25) is 0 Å². The van der Waals surface area contributed by atoms with E-state index in [4.69, 9.17) is 5.73 Å². The molecule has 0 heterocycles. The average Bonchev–Trinajstić information content (AvgIpc) is 2.26. The Labute approximate surface area is 85.8 Å². The van der Waals surface area contributed by atoms with Gasteiger partial charge in [-0.05, 0) is 18.5 Å². The second kappa shape index (κ2) is 5.78. The lowest BCUT2D eigenvalue weighted by Gasteiger charge is -2.21. The molecule has 14 heavy (non-hydrogen) atoms. The highest BCUT2D eigenvalue weighted by Gasteiger charge is 2.17. The molecule has 0 saturated carbocycles. The summed E-state index contributed by atoms with van der Waals surface area (Å²) < 4.78 is 0. The van der Waals surface area contributed by atoms with Crippen LogP contribution in [0.2, 0.25) is 0 Å². The summed E-state index contributed by atoms with van der Waals surface area (Å²) in [6.45, 7) is 2.66. The molecule has 78 valence electrons. The van der Waals surface area contributed by atoms with E-state index in [1.54, 1.807) is 0 Å². The molecule has 2 heteroatoms. The van der Waals surface area contributed by atoms with E-state index in [0.29, 0.717) is 6.54 Å². The molecule has 0 aliphatic heterocycles. The molecule has 0 unspecified atom stereocenters. The fourth-order valence-corrected chi connectivity index (χ4v) is 1.70. The first-order chi connectivity index (χ1) is 6.79. The summed E-state index contributed by atoms with van der Waals surface area (Å²) in [5.41, 5.74) is 6.61. The Morgan fingerprint density at radius 1 is 1.29 bits per heavy atom. The van der Waals surface area contributed by atoms with Crippen LogP contribution in [0.1, 0.15) is 31.4 Å². The Kier molecular flexibility index (Phi) is 4.63.